The van der Waals surface area contributed by atoms with Gasteiger partial charge in [0.2, 0.25) is 0 Å². The fourth-order valence-corrected chi connectivity index (χ4v) is 2.43. The lowest BCUT2D eigenvalue weighted by atomic mass is 9.82. The second-order valence-electron chi connectivity index (χ2n) is 4.64. The van der Waals surface area contributed by atoms with E-state index >= 15 is 0 Å². The van der Waals surface area contributed by atoms with Crippen LogP contribution < -0.4 is 5.32 Å². The van der Waals surface area contributed by atoms with E-state index in [1.807, 2.05) is 60.7 Å². The summed E-state index contributed by atoms with van der Waals surface area (Å²) >= 11 is 0. The first-order valence-corrected chi connectivity index (χ1v) is 6.81. The van der Waals surface area contributed by atoms with Crippen molar-refractivity contribution >= 4 is 5.97 Å². The molecule has 0 aliphatic carbocycles. The summed E-state index contributed by atoms with van der Waals surface area (Å²) in [5, 5.41) is 3.27. The van der Waals surface area contributed by atoms with Crippen molar-refractivity contribution in [3.05, 3.63) is 84.4 Å². The van der Waals surface area contributed by atoms with Crippen LogP contribution >= 0.6 is 0 Å². The smallest absolute Gasteiger partial charge is 0.335 e. The summed E-state index contributed by atoms with van der Waals surface area (Å²) < 4.78 is 5.09. The number of esters is 1. The second kappa shape index (κ2) is 6.86. The van der Waals surface area contributed by atoms with Crippen molar-refractivity contribution in [2.45, 2.75) is 5.54 Å². The van der Waals surface area contributed by atoms with Gasteiger partial charge in [0.05, 0.1) is 7.11 Å². The van der Waals surface area contributed by atoms with Crippen LogP contribution in [-0.2, 0) is 15.1 Å². The molecule has 0 fully saturated rings. The van der Waals surface area contributed by atoms with Crippen LogP contribution in [0.25, 0.3) is 0 Å². The number of benzene rings is 2. The highest BCUT2D eigenvalue weighted by molar-refractivity contribution is 5.87. The van der Waals surface area contributed by atoms with Gasteiger partial charge in [0.25, 0.3) is 0 Å². The van der Waals surface area contributed by atoms with E-state index in [0.29, 0.717) is 6.54 Å². The Hall–Kier alpha value is -2.39. The lowest BCUT2D eigenvalue weighted by molar-refractivity contribution is -0.147. The van der Waals surface area contributed by atoms with Gasteiger partial charge in [-0.25, -0.2) is 4.79 Å². The average molecular weight is 281 g/mol. The number of methoxy groups -OCH3 is 1. The van der Waals surface area contributed by atoms with Crippen LogP contribution in [0, 0.1) is 0 Å². The van der Waals surface area contributed by atoms with E-state index in [1.54, 1.807) is 6.08 Å². The Morgan fingerprint density at radius 2 is 1.57 bits per heavy atom. The fourth-order valence-electron chi connectivity index (χ4n) is 2.43. The summed E-state index contributed by atoms with van der Waals surface area (Å²) in [5.41, 5.74) is 0.639. The van der Waals surface area contributed by atoms with E-state index in [-0.39, 0.29) is 5.97 Å². The molecule has 0 aromatic heterocycles. The summed E-state index contributed by atoms with van der Waals surface area (Å²) in [5.74, 6) is -0.346. The Labute approximate surface area is 125 Å². The molecule has 2 rings (SSSR count). The summed E-state index contributed by atoms with van der Waals surface area (Å²) in [7, 11) is 1.40. The van der Waals surface area contributed by atoms with Gasteiger partial charge in [-0.3, -0.25) is 5.32 Å². The number of carbonyl (C=O) groups excluding carboxylic acids is 1. The molecule has 0 amide bonds. The van der Waals surface area contributed by atoms with Crippen molar-refractivity contribution in [2.24, 2.45) is 0 Å². The number of nitrogens with one attached hydrogen (secondary N) is 1. The number of hydrogen-bond acceptors (Lipinski definition) is 3. The van der Waals surface area contributed by atoms with Gasteiger partial charge in [-0.2, -0.15) is 0 Å². The molecule has 0 aliphatic heterocycles. The highest BCUT2D eigenvalue weighted by atomic mass is 16.5. The molecule has 21 heavy (non-hydrogen) atoms. The number of hydrogen-bond donors (Lipinski definition) is 1. The minimum atomic E-state index is -1.04. The third-order valence-electron chi connectivity index (χ3n) is 3.42. The fraction of sp³-hybridized carbons (Fsp3) is 0.167. The molecule has 0 atom stereocenters. The number of carbonyl (C=O) groups is 1. The SMILES string of the molecule is C=CCNC(C(=O)OC)(c1ccccc1)c1ccccc1. The maximum Gasteiger partial charge on any atom is 0.335 e. The molecule has 2 aromatic carbocycles. The van der Waals surface area contributed by atoms with Crippen LogP contribution in [0.3, 0.4) is 0 Å². The van der Waals surface area contributed by atoms with Gasteiger partial charge < -0.3 is 4.74 Å². The van der Waals surface area contributed by atoms with Gasteiger partial charge in [0.15, 0.2) is 5.54 Å². The van der Waals surface area contributed by atoms with E-state index in [4.69, 9.17) is 4.74 Å². The van der Waals surface area contributed by atoms with Crippen molar-refractivity contribution < 1.29 is 9.53 Å². The first-order valence-electron chi connectivity index (χ1n) is 6.81. The van der Waals surface area contributed by atoms with Crippen molar-refractivity contribution in [1.29, 1.82) is 0 Å². The standard InChI is InChI=1S/C18H19NO2/c1-3-14-19-18(17(20)21-2,15-10-6-4-7-11-15)16-12-8-5-9-13-16/h3-13,19H,1,14H2,2H3. The van der Waals surface area contributed by atoms with E-state index in [9.17, 15) is 4.79 Å². The molecule has 0 radical (unpaired) electrons. The Balaban J connectivity index is 2.65. The second-order valence-corrected chi connectivity index (χ2v) is 4.64. The molecule has 0 unspecified atom stereocenters. The maximum atomic E-state index is 12.6. The van der Waals surface area contributed by atoms with Gasteiger partial charge in [-0.05, 0) is 11.1 Å². The quantitative estimate of drug-likeness (QED) is 0.653. The molecular weight excluding hydrogens is 262 g/mol. The van der Waals surface area contributed by atoms with Crippen LogP contribution in [0.4, 0.5) is 0 Å². The van der Waals surface area contributed by atoms with Gasteiger partial charge >= 0.3 is 5.97 Å². The normalized spacial score (nSPS) is 10.9. The van der Waals surface area contributed by atoms with E-state index in [1.165, 1.54) is 7.11 Å². The third-order valence-corrected chi connectivity index (χ3v) is 3.42. The highest BCUT2D eigenvalue weighted by Crippen LogP contribution is 2.31. The Bertz CT molecular complexity index is 554. The van der Waals surface area contributed by atoms with Gasteiger partial charge in [0.1, 0.15) is 0 Å². The predicted molar refractivity (Wildman–Crippen MR) is 83.9 cm³/mol. The summed E-state index contributed by atoms with van der Waals surface area (Å²) in [6.45, 7) is 4.21. The molecule has 108 valence electrons. The largest absolute Gasteiger partial charge is 0.467 e. The number of rotatable bonds is 6. The molecule has 1 N–H and O–H groups in total. The lowest BCUT2D eigenvalue weighted by Gasteiger charge is -2.33. The predicted octanol–water partition coefficient (Wildman–Crippen LogP) is 2.88. The van der Waals surface area contributed by atoms with E-state index in [2.05, 4.69) is 11.9 Å². The maximum absolute atomic E-state index is 12.6. The Morgan fingerprint density at radius 1 is 1.10 bits per heavy atom. The molecule has 2 aromatic rings. The van der Waals surface area contributed by atoms with Gasteiger partial charge in [-0.15, -0.1) is 6.58 Å². The minimum Gasteiger partial charge on any atom is -0.467 e. The zero-order valence-electron chi connectivity index (χ0n) is 12.1. The molecule has 0 saturated carbocycles. The highest BCUT2D eigenvalue weighted by Gasteiger charge is 2.42. The Morgan fingerprint density at radius 3 is 1.95 bits per heavy atom. The number of ether oxygens (including phenoxy) is 1. The van der Waals surface area contributed by atoms with Crippen LogP contribution in [0.2, 0.25) is 0 Å². The molecule has 0 saturated heterocycles. The van der Waals surface area contributed by atoms with Crippen molar-refractivity contribution in [3.63, 3.8) is 0 Å². The van der Waals surface area contributed by atoms with Crippen LogP contribution in [-0.4, -0.2) is 19.6 Å². The first kappa shape index (κ1) is 15.0. The van der Waals surface area contributed by atoms with Crippen molar-refractivity contribution in [1.82, 2.24) is 5.32 Å². The molecule has 0 heterocycles. The topological polar surface area (TPSA) is 38.3 Å². The summed E-state index contributed by atoms with van der Waals surface area (Å²) in [4.78, 5) is 12.6. The molecule has 0 bridgehead atoms. The zero-order valence-corrected chi connectivity index (χ0v) is 12.1. The van der Waals surface area contributed by atoms with Crippen molar-refractivity contribution in [2.75, 3.05) is 13.7 Å². The van der Waals surface area contributed by atoms with E-state index < -0.39 is 5.54 Å². The molecule has 3 heteroatoms. The van der Waals surface area contributed by atoms with Crippen molar-refractivity contribution in [3.8, 4) is 0 Å². The minimum absolute atomic E-state index is 0.346. The summed E-state index contributed by atoms with van der Waals surface area (Å²) in [6.07, 6.45) is 1.73. The van der Waals surface area contributed by atoms with Crippen LogP contribution in [0.15, 0.2) is 73.3 Å². The van der Waals surface area contributed by atoms with Gasteiger partial charge in [-0.1, -0.05) is 66.7 Å². The monoisotopic (exact) mass is 281 g/mol. The van der Waals surface area contributed by atoms with Gasteiger partial charge in [0, 0.05) is 6.54 Å². The zero-order chi connectivity index (χ0) is 15.1. The molecule has 0 spiro atoms. The third kappa shape index (κ3) is 2.88. The molecule has 3 nitrogen and oxygen atoms in total. The van der Waals surface area contributed by atoms with E-state index in [0.717, 1.165) is 11.1 Å². The average Bonchev–Trinajstić information content (AvgIpc) is 2.57. The lowest BCUT2D eigenvalue weighted by Crippen LogP contribution is -2.51. The van der Waals surface area contributed by atoms with Crippen LogP contribution in [0.1, 0.15) is 11.1 Å². The summed E-state index contributed by atoms with van der Waals surface area (Å²) in [6, 6.07) is 19.1. The molecule has 0 aliphatic rings. The Kier molecular flexibility index (Phi) is 4.90. The first-order chi connectivity index (χ1) is 10.3. The molecular formula is C18H19NO2. The van der Waals surface area contributed by atoms with Crippen LogP contribution in [0.5, 0.6) is 0 Å².